The minimum Gasteiger partial charge on any atom is -0.370 e. The van der Waals surface area contributed by atoms with Crippen molar-refractivity contribution in [2.75, 3.05) is 124 Å². The fourth-order valence-corrected chi connectivity index (χ4v) is 11.8. The molecule has 12 rings (SSSR count). The third kappa shape index (κ3) is 10.7. The fraction of sp³-hybridized carbons (Fsp3) is 0.500. The van der Waals surface area contributed by atoms with E-state index in [1.807, 2.05) is 24.5 Å². The van der Waals surface area contributed by atoms with Crippen LogP contribution in [0.2, 0.25) is 0 Å². The van der Waals surface area contributed by atoms with Crippen molar-refractivity contribution < 1.29 is 15.0 Å². The largest absolute Gasteiger partial charge is 0.370 e. The lowest BCUT2D eigenvalue weighted by Gasteiger charge is -2.42. The summed E-state index contributed by atoms with van der Waals surface area (Å²) >= 11 is 0. The molecule has 0 amide bonds. The van der Waals surface area contributed by atoms with E-state index in [4.69, 9.17) is 24.9 Å². The SMILES string of the molecule is [2H]c1nc2c(C#N)ccc(N3C[C@H](CN4CCN(c5cc6c(cn5)[C@@H](C)NCC6)CC4)O[C@H](C)C3)c2nc1[2H].[2H]c1nc2c(C#N)ccc(N3C[C@H](CN4CCN(c5cc6c(cn5)[C@H](C)NCC6)CC4)O[C@H](C)C3)c2nc1[2H]. The average molecular weight is 1000 g/mol. The van der Waals surface area contributed by atoms with E-state index in [9.17, 15) is 10.5 Å². The van der Waals surface area contributed by atoms with Gasteiger partial charge >= 0.3 is 0 Å². The molecule has 4 fully saturated rings. The van der Waals surface area contributed by atoms with Gasteiger partial charge in [0.25, 0.3) is 0 Å². The van der Waals surface area contributed by atoms with Crippen LogP contribution >= 0.6 is 0 Å². The molecule has 0 radical (unpaired) electrons. The van der Waals surface area contributed by atoms with Crippen LogP contribution in [0, 0.1) is 22.7 Å². The molecule has 4 saturated heterocycles. The molecule has 0 saturated carbocycles. The molecule has 74 heavy (non-hydrogen) atoms. The van der Waals surface area contributed by atoms with Gasteiger partial charge in [0.1, 0.15) is 45.8 Å². The molecule has 2 N–H and O–H groups in total. The van der Waals surface area contributed by atoms with Crippen LogP contribution in [0.4, 0.5) is 23.0 Å². The summed E-state index contributed by atoms with van der Waals surface area (Å²) < 4.78 is 44.5. The zero-order chi connectivity index (χ0) is 54.2. The number of benzene rings is 2. The van der Waals surface area contributed by atoms with Crippen molar-refractivity contribution in [1.82, 2.24) is 50.3 Å². The highest BCUT2D eigenvalue weighted by atomic mass is 16.5. The summed E-state index contributed by atoms with van der Waals surface area (Å²) in [4.78, 5) is 40.9. The van der Waals surface area contributed by atoms with Gasteiger partial charge in [0.05, 0.1) is 52.4 Å². The van der Waals surface area contributed by atoms with E-state index in [0.717, 1.165) is 114 Å². The van der Waals surface area contributed by atoms with E-state index in [-0.39, 0.29) is 49.1 Å². The first-order chi connectivity index (χ1) is 37.8. The Hall–Kier alpha value is -6.64. The topological polar surface area (TPSA) is 187 Å². The van der Waals surface area contributed by atoms with Crippen molar-refractivity contribution in [2.24, 2.45) is 0 Å². The van der Waals surface area contributed by atoms with Crippen molar-refractivity contribution in [3.05, 3.63) is 107 Å². The van der Waals surface area contributed by atoms with E-state index < -0.39 is 0 Å². The molecule has 6 aliphatic heterocycles. The first kappa shape index (κ1) is 44.8. The maximum absolute atomic E-state index is 9.54. The van der Waals surface area contributed by atoms with Gasteiger partial charge in [-0.1, -0.05) is 0 Å². The minimum absolute atomic E-state index is 0.0146. The molecular formula is C56H68N16O2. The first-order valence-corrected chi connectivity index (χ1v) is 26.3. The van der Waals surface area contributed by atoms with Crippen molar-refractivity contribution in [3.8, 4) is 12.1 Å². The molecule has 384 valence electrons. The molecule has 0 unspecified atom stereocenters. The summed E-state index contributed by atoms with van der Waals surface area (Å²) in [6, 6.07) is 16.8. The van der Waals surface area contributed by atoms with Gasteiger partial charge in [-0.25, -0.2) is 9.97 Å². The molecule has 4 aromatic heterocycles. The van der Waals surface area contributed by atoms with Gasteiger partial charge in [0.15, 0.2) is 0 Å². The van der Waals surface area contributed by atoms with Crippen LogP contribution in [-0.4, -0.2) is 169 Å². The molecule has 2 aromatic carbocycles. The first-order valence-electron chi connectivity index (χ1n) is 28.3. The highest BCUT2D eigenvalue weighted by Gasteiger charge is 2.32. The fourth-order valence-electron chi connectivity index (χ4n) is 11.8. The molecule has 6 aromatic rings. The Kier molecular flexibility index (Phi) is 13.4. The van der Waals surface area contributed by atoms with Gasteiger partial charge in [-0.3, -0.25) is 29.7 Å². The highest BCUT2D eigenvalue weighted by molar-refractivity contribution is 5.93. The summed E-state index contributed by atoms with van der Waals surface area (Å²) in [5, 5.41) is 26.1. The Morgan fingerprint density at radius 1 is 0.541 bits per heavy atom. The molecule has 18 nitrogen and oxygen atoms in total. The number of pyridine rings is 2. The summed E-state index contributed by atoms with van der Waals surface area (Å²) in [5.41, 5.74) is 9.61. The molecule has 6 atom stereocenters. The van der Waals surface area contributed by atoms with Gasteiger partial charge in [-0.05, 0) is 112 Å². The number of piperazine rings is 2. The number of morpholine rings is 2. The van der Waals surface area contributed by atoms with Gasteiger partial charge in [-0.15, -0.1) is 0 Å². The van der Waals surface area contributed by atoms with Gasteiger partial charge in [-0.2, -0.15) is 10.5 Å². The van der Waals surface area contributed by atoms with Crippen LogP contribution in [0.1, 0.15) is 78.6 Å². The average Bonchev–Trinajstić information content (AvgIpc) is 3.43. The summed E-state index contributed by atoms with van der Waals surface area (Å²) in [7, 11) is 0. The number of hydrogen-bond donors (Lipinski definition) is 2. The van der Waals surface area contributed by atoms with E-state index >= 15 is 0 Å². The second-order valence-corrected chi connectivity index (χ2v) is 20.6. The normalized spacial score (nSPS) is 25.4. The lowest BCUT2D eigenvalue weighted by Crippen LogP contribution is -2.54. The third-order valence-electron chi connectivity index (χ3n) is 15.6. The number of hydrogen-bond acceptors (Lipinski definition) is 18. The summed E-state index contributed by atoms with van der Waals surface area (Å²) in [5.74, 6) is 2.16. The second kappa shape index (κ2) is 22.1. The van der Waals surface area contributed by atoms with Crippen LogP contribution in [0.15, 0.2) is 73.5 Å². The van der Waals surface area contributed by atoms with Crippen molar-refractivity contribution in [2.45, 2.75) is 77.0 Å². The van der Waals surface area contributed by atoms with Crippen LogP contribution in [0.25, 0.3) is 22.1 Å². The van der Waals surface area contributed by atoms with Gasteiger partial charge < -0.3 is 39.7 Å². The summed E-state index contributed by atoms with van der Waals surface area (Å²) in [6.45, 7) is 22.5. The lowest BCUT2D eigenvalue weighted by atomic mass is 9.97. The van der Waals surface area contributed by atoms with Gasteiger partial charge in [0, 0.05) is 141 Å². The maximum Gasteiger partial charge on any atom is 0.128 e. The van der Waals surface area contributed by atoms with Gasteiger partial charge in [0.2, 0.25) is 0 Å². The number of nitrogens with one attached hydrogen (secondary N) is 2. The smallest absolute Gasteiger partial charge is 0.128 e. The Morgan fingerprint density at radius 3 is 1.35 bits per heavy atom. The van der Waals surface area contributed by atoms with Crippen LogP contribution in [0.5, 0.6) is 0 Å². The van der Waals surface area contributed by atoms with E-state index in [2.05, 4.69) is 112 Å². The van der Waals surface area contributed by atoms with Crippen LogP contribution in [0.3, 0.4) is 0 Å². The van der Waals surface area contributed by atoms with Crippen LogP contribution < -0.4 is 30.2 Å². The summed E-state index contributed by atoms with van der Waals surface area (Å²) in [6.07, 6.45) is 5.45. The Labute approximate surface area is 439 Å². The number of fused-ring (bicyclic) bond motifs is 4. The zero-order valence-electron chi connectivity index (χ0n) is 46.9. The molecule has 6 aliphatic rings. The van der Waals surface area contributed by atoms with E-state index in [1.165, 1.54) is 22.3 Å². The molecule has 18 heteroatoms. The number of rotatable bonds is 8. The predicted molar refractivity (Wildman–Crippen MR) is 288 cm³/mol. The minimum atomic E-state index is -0.222. The maximum atomic E-state index is 9.54. The molecule has 0 spiro atoms. The Balaban J connectivity index is 0.000000165. The molecule has 10 heterocycles. The van der Waals surface area contributed by atoms with Crippen molar-refractivity contribution >= 4 is 45.1 Å². The Morgan fingerprint density at radius 2 is 0.946 bits per heavy atom. The number of anilines is 4. The monoisotopic (exact) mass is 1000 g/mol. The third-order valence-corrected chi connectivity index (χ3v) is 15.6. The molecular weight excluding hydrogens is 929 g/mol. The number of ether oxygens (including phenoxy) is 2. The number of nitriles is 2. The zero-order valence-corrected chi connectivity index (χ0v) is 42.9. The van der Waals surface area contributed by atoms with Crippen molar-refractivity contribution in [1.29, 1.82) is 10.5 Å². The van der Waals surface area contributed by atoms with E-state index in [1.54, 1.807) is 12.1 Å². The standard InChI is InChI=1S/2C28H34N8O/c2*1-19-16-36(25-4-3-22(14-29)27-28(25)32-8-7-31-27)18-23(37-19)17-34-9-11-35(12-10-34)26-13-21-5-6-30-20(2)24(21)15-33-26/h2*3-4,7-8,13,15,19-20,23,30H,5-6,9-12,16-18H2,1-2H3/t19-,20+,23+;19-,20-,23+/m11/s1/i2*7D,8D. The van der Waals surface area contributed by atoms with Crippen molar-refractivity contribution in [3.63, 3.8) is 0 Å². The quantitative estimate of drug-likeness (QED) is 0.206. The second-order valence-electron chi connectivity index (χ2n) is 20.6. The highest BCUT2D eigenvalue weighted by Crippen LogP contribution is 2.32. The van der Waals surface area contributed by atoms with Crippen LogP contribution in [-0.2, 0) is 22.3 Å². The number of nitrogens with zero attached hydrogens (tertiary/aromatic N) is 14. The molecule has 0 aliphatic carbocycles. The van der Waals surface area contributed by atoms with E-state index in [0.29, 0.717) is 71.5 Å². The Bertz CT molecular complexity index is 3060. The predicted octanol–water partition coefficient (Wildman–Crippen LogP) is 5.04. The lowest BCUT2D eigenvalue weighted by molar-refractivity contribution is -0.0329. The number of aromatic nitrogens is 6. The molecule has 0 bridgehead atoms.